The van der Waals surface area contributed by atoms with Crippen molar-refractivity contribution in [2.45, 2.75) is 75.7 Å². The van der Waals surface area contributed by atoms with Crippen LogP contribution in [-0.4, -0.2) is 72.1 Å². The summed E-state index contributed by atoms with van der Waals surface area (Å²) in [5.41, 5.74) is 8.28. The number of piperidine rings is 2. The van der Waals surface area contributed by atoms with Gasteiger partial charge >= 0.3 is 0 Å². The molecule has 7 rings (SSSR count). The van der Waals surface area contributed by atoms with Crippen molar-refractivity contribution in [3.05, 3.63) is 40.8 Å². The van der Waals surface area contributed by atoms with Gasteiger partial charge in [0.15, 0.2) is 0 Å². The summed E-state index contributed by atoms with van der Waals surface area (Å²) in [6.45, 7) is 7.20. The summed E-state index contributed by atoms with van der Waals surface area (Å²) < 4.78 is 0. The largest absolute Gasteiger partial charge is 0.371 e. The average Bonchev–Trinajstić information content (AvgIpc) is 3.71. The van der Waals surface area contributed by atoms with Crippen molar-refractivity contribution >= 4 is 17.2 Å². The zero-order chi connectivity index (χ0) is 23.4. The molecule has 6 nitrogen and oxygen atoms in total. The van der Waals surface area contributed by atoms with Crippen LogP contribution in [-0.2, 0) is 12.8 Å². The fourth-order valence-electron chi connectivity index (χ4n) is 6.89. The second-order valence-electron chi connectivity index (χ2n) is 11.7. The van der Waals surface area contributed by atoms with Gasteiger partial charge in [0.05, 0.1) is 0 Å². The van der Waals surface area contributed by atoms with E-state index in [-0.39, 0.29) is 0 Å². The van der Waals surface area contributed by atoms with Crippen molar-refractivity contribution in [2.24, 2.45) is 0 Å². The second-order valence-corrected chi connectivity index (χ2v) is 11.7. The Morgan fingerprint density at radius 1 is 0.886 bits per heavy atom. The Hall–Kier alpha value is -2.18. The molecule has 186 valence electrons. The summed E-state index contributed by atoms with van der Waals surface area (Å²) in [5, 5.41) is 3.83. The zero-order valence-electron chi connectivity index (χ0n) is 21.3. The zero-order valence-corrected chi connectivity index (χ0v) is 21.3. The fourth-order valence-corrected chi connectivity index (χ4v) is 6.89. The number of aromatic nitrogens is 2. The van der Waals surface area contributed by atoms with E-state index >= 15 is 0 Å². The smallest absolute Gasteiger partial charge is 0.135 e. The van der Waals surface area contributed by atoms with Gasteiger partial charge in [-0.25, -0.2) is 4.98 Å². The molecule has 2 aromatic heterocycles. The molecule has 6 heteroatoms. The predicted octanol–water partition coefficient (Wildman–Crippen LogP) is 4.68. The number of nitrogens with zero attached hydrogens (tertiary/aromatic N) is 5. The molecule has 4 aliphatic heterocycles. The average molecular weight is 473 g/mol. The number of hydrogen-bond acceptors (Lipinski definition) is 6. The molecule has 4 fully saturated rings. The van der Waals surface area contributed by atoms with Crippen molar-refractivity contribution in [1.29, 1.82) is 0 Å². The number of nitrogens with one attached hydrogen (secondary N) is 1. The van der Waals surface area contributed by atoms with E-state index in [9.17, 15) is 0 Å². The lowest BCUT2D eigenvalue weighted by atomic mass is 9.89. The van der Waals surface area contributed by atoms with Gasteiger partial charge in [0.25, 0.3) is 0 Å². The highest BCUT2D eigenvalue weighted by Crippen LogP contribution is 2.46. The van der Waals surface area contributed by atoms with E-state index in [1.165, 1.54) is 118 Å². The summed E-state index contributed by atoms with van der Waals surface area (Å²) in [4.78, 5) is 18.0. The van der Waals surface area contributed by atoms with E-state index in [1.807, 2.05) is 6.20 Å². The van der Waals surface area contributed by atoms with E-state index in [4.69, 9.17) is 9.97 Å². The van der Waals surface area contributed by atoms with Gasteiger partial charge in [-0.05, 0) is 95.6 Å². The molecule has 0 atom stereocenters. The van der Waals surface area contributed by atoms with Crippen LogP contribution >= 0.6 is 0 Å². The summed E-state index contributed by atoms with van der Waals surface area (Å²) in [6.07, 6.45) is 13.4. The molecule has 5 aliphatic rings. The first-order chi connectivity index (χ1) is 17.2. The van der Waals surface area contributed by atoms with Crippen LogP contribution in [0, 0.1) is 0 Å². The molecular formula is C29H40N6. The van der Waals surface area contributed by atoms with Crippen LogP contribution < -0.4 is 10.2 Å². The second kappa shape index (κ2) is 9.04. The molecule has 1 aliphatic carbocycles. The first-order valence-corrected chi connectivity index (χ1v) is 14.2. The number of pyridine rings is 2. The maximum Gasteiger partial charge on any atom is 0.135 e. The SMILES string of the molecule is CN1CCC(N2CC(c3cc4c(c(C5CC5)n3)CCc3c(N5CCCCC5)ccnc3N4)C2)CC1. The summed E-state index contributed by atoms with van der Waals surface area (Å²) in [5.74, 6) is 2.33. The molecule has 0 amide bonds. The summed E-state index contributed by atoms with van der Waals surface area (Å²) >= 11 is 0. The maximum absolute atomic E-state index is 5.37. The highest BCUT2D eigenvalue weighted by atomic mass is 15.2. The molecule has 0 bridgehead atoms. The molecule has 0 spiro atoms. The third-order valence-corrected chi connectivity index (χ3v) is 9.28. The number of fused-ring (bicyclic) bond motifs is 2. The first kappa shape index (κ1) is 22.1. The van der Waals surface area contributed by atoms with Gasteiger partial charge in [0, 0.05) is 78.6 Å². The predicted molar refractivity (Wildman–Crippen MR) is 142 cm³/mol. The maximum atomic E-state index is 5.37. The van der Waals surface area contributed by atoms with Crippen LogP contribution in [0.1, 0.15) is 79.3 Å². The molecule has 2 aromatic rings. The first-order valence-electron chi connectivity index (χ1n) is 14.2. The molecule has 35 heavy (non-hydrogen) atoms. The Morgan fingerprint density at radius 3 is 2.43 bits per heavy atom. The third kappa shape index (κ3) is 4.23. The Labute approximate surface area is 210 Å². The minimum Gasteiger partial charge on any atom is -0.371 e. The van der Waals surface area contributed by atoms with E-state index in [1.54, 1.807) is 0 Å². The normalized spacial score (nSPS) is 24.3. The number of rotatable bonds is 4. The van der Waals surface area contributed by atoms with Crippen LogP contribution in [0.3, 0.4) is 0 Å². The highest BCUT2D eigenvalue weighted by molar-refractivity contribution is 5.73. The molecular weight excluding hydrogens is 432 g/mol. The lowest BCUT2D eigenvalue weighted by molar-refractivity contribution is 0.0512. The van der Waals surface area contributed by atoms with Gasteiger partial charge in [-0.3, -0.25) is 9.88 Å². The van der Waals surface area contributed by atoms with Gasteiger partial charge in [-0.2, -0.15) is 0 Å². The Bertz CT molecular complexity index is 1070. The van der Waals surface area contributed by atoms with Crippen LogP contribution in [0.5, 0.6) is 0 Å². The molecule has 0 unspecified atom stereocenters. The topological polar surface area (TPSA) is 47.5 Å². The molecule has 0 radical (unpaired) electrons. The van der Waals surface area contributed by atoms with Gasteiger partial charge in [0.1, 0.15) is 5.82 Å². The van der Waals surface area contributed by atoms with Crippen molar-refractivity contribution in [3.63, 3.8) is 0 Å². The minimum atomic E-state index is 0.578. The Balaban J connectivity index is 1.15. The number of likely N-dealkylation sites (tertiary alicyclic amines) is 2. The number of anilines is 3. The van der Waals surface area contributed by atoms with Crippen molar-refractivity contribution in [1.82, 2.24) is 19.8 Å². The minimum absolute atomic E-state index is 0.578. The van der Waals surface area contributed by atoms with Gasteiger partial charge in [-0.15, -0.1) is 0 Å². The van der Waals surface area contributed by atoms with Crippen molar-refractivity contribution in [2.75, 3.05) is 56.5 Å². The molecule has 6 heterocycles. The van der Waals surface area contributed by atoms with Crippen LogP contribution in [0.15, 0.2) is 18.3 Å². The van der Waals surface area contributed by atoms with E-state index in [2.05, 4.69) is 39.2 Å². The van der Waals surface area contributed by atoms with Crippen LogP contribution in [0.25, 0.3) is 0 Å². The van der Waals surface area contributed by atoms with Crippen LogP contribution in [0.4, 0.5) is 17.2 Å². The third-order valence-electron chi connectivity index (χ3n) is 9.28. The van der Waals surface area contributed by atoms with Crippen LogP contribution in [0.2, 0.25) is 0 Å². The standard InChI is InChI=1S/C29H40N6/c1-33-15-10-22(11-16-33)35-18-21(19-35)25-17-26-23(28(31-25)20-5-6-20)7-8-24-27(9-12-30-29(24)32-26)34-13-3-2-4-14-34/h9,12,17,20-22H,2-8,10-11,13-16,18-19H2,1H3,(H,30,32). The fraction of sp³-hybridized carbons (Fsp3) is 0.655. The monoisotopic (exact) mass is 472 g/mol. The highest BCUT2D eigenvalue weighted by Gasteiger charge is 2.37. The molecule has 1 saturated carbocycles. The number of hydrogen-bond donors (Lipinski definition) is 1. The Morgan fingerprint density at radius 2 is 1.66 bits per heavy atom. The molecule has 1 N–H and O–H groups in total. The molecule has 0 aromatic carbocycles. The summed E-state index contributed by atoms with van der Waals surface area (Å²) in [7, 11) is 2.25. The Kier molecular flexibility index (Phi) is 5.70. The van der Waals surface area contributed by atoms with E-state index < -0.39 is 0 Å². The lowest BCUT2D eigenvalue weighted by Gasteiger charge is -2.46. The van der Waals surface area contributed by atoms with Gasteiger partial charge in [0.2, 0.25) is 0 Å². The van der Waals surface area contributed by atoms with Gasteiger partial charge in [-0.1, -0.05) is 0 Å². The molecule has 3 saturated heterocycles. The van der Waals surface area contributed by atoms with Gasteiger partial charge < -0.3 is 15.1 Å². The summed E-state index contributed by atoms with van der Waals surface area (Å²) in [6, 6.07) is 5.41. The quantitative estimate of drug-likeness (QED) is 0.697. The van der Waals surface area contributed by atoms with Crippen molar-refractivity contribution in [3.8, 4) is 0 Å². The van der Waals surface area contributed by atoms with E-state index in [0.29, 0.717) is 11.8 Å². The van der Waals surface area contributed by atoms with Crippen molar-refractivity contribution < 1.29 is 0 Å². The van der Waals surface area contributed by atoms with E-state index in [0.717, 1.165) is 24.7 Å². The lowest BCUT2D eigenvalue weighted by Crippen LogP contribution is -2.54.